The smallest absolute Gasteiger partial charge is 0.141 e. The average Bonchev–Trinajstić information content (AvgIpc) is 2.28. The van der Waals surface area contributed by atoms with E-state index in [1.807, 2.05) is 32.9 Å². The normalized spacial score (nSPS) is 14.0. The van der Waals surface area contributed by atoms with Crippen LogP contribution in [0.15, 0.2) is 10.6 Å². The Bertz CT molecular complexity index is 267. The molecule has 66 valence electrons. The third-order valence-corrected chi connectivity index (χ3v) is 1.66. The highest BCUT2D eigenvalue weighted by Crippen LogP contribution is 2.13. The number of hydrogen-bond donors (Lipinski definition) is 1. The maximum absolute atomic E-state index is 5.57. The van der Waals surface area contributed by atoms with E-state index in [-0.39, 0.29) is 6.04 Å². The summed E-state index contributed by atoms with van der Waals surface area (Å²) >= 11 is 0. The topological polar surface area (TPSA) is 52.0 Å². The van der Waals surface area contributed by atoms with Crippen molar-refractivity contribution in [1.82, 2.24) is 5.16 Å². The summed E-state index contributed by atoms with van der Waals surface area (Å²) in [6.45, 7) is 5.73. The van der Waals surface area contributed by atoms with Gasteiger partial charge in [-0.2, -0.15) is 0 Å². The molecule has 0 saturated heterocycles. The van der Waals surface area contributed by atoms with Gasteiger partial charge in [-0.3, -0.25) is 0 Å². The number of aryl methyl sites for hydroxylation is 2. The van der Waals surface area contributed by atoms with Crippen LogP contribution >= 0.6 is 0 Å². The van der Waals surface area contributed by atoms with E-state index in [2.05, 4.69) is 5.16 Å². The lowest BCUT2D eigenvalue weighted by atomic mass is 10.1. The van der Waals surface area contributed by atoms with Gasteiger partial charge in [0.1, 0.15) is 5.76 Å². The molecule has 0 spiro atoms. The van der Waals surface area contributed by atoms with Crippen LogP contribution < -0.4 is 5.73 Å². The Balaban J connectivity index is 2.87. The summed E-state index contributed by atoms with van der Waals surface area (Å²) in [5.41, 5.74) is 7.51. The van der Waals surface area contributed by atoms with E-state index >= 15 is 0 Å². The Labute approximate surface area is 72.2 Å². The second-order valence-electron chi connectivity index (χ2n) is 2.96. The third kappa shape index (κ3) is 1.95. The molecular formula is C9H14N2O. The van der Waals surface area contributed by atoms with E-state index < -0.39 is 0 Å². The molecule has 1 unspecified atom stereocenters. The molecule has 0 aliphatic rings. The summed E-state index contributed by atoms with van der Waals surface area (Å²) < 4.78 is 4.99. The van der Waals surface area contributed by atoms with Gasteiger partial charge in [0.05, 0.1) is 5.69 Å². The number of hydrogen-bond acceptors (Lipinski definition) is 3. The summed E-state index contributed by atoms with van der Waals surface area (Å²) in [5, 5.41) is 3.83. The maximum atomic E-state index is 5.57. The van der Waals surface area contributed by atoms with Crippen LogP contribution in [-0.2, 0) is 0 Å². The van der Waals surface area contributed by atoms with Gasteiger partial charge in [-0.25, -0.2) is 0 Å². The number of nitrogens with zero attached hydrogens (tertiary/aromatic N) is 1. The molecule has 0 aliphatic heterocycles. The number of nitrogens with two attached hydrogens (primary N) is 1. The lowest BCUT2D eigenvalue weighted by molar-refractivity contribution is 0.393. The highest BCUT2D eigenvalue weighted by atomic mass is 16.5. The van der Waals surface area contributed by atoms with E-state index in [0.717, 1.165) is 17.0 Å². The first-order chi connectivity index (χ1) is 5.61. The Hall–Kier alpha value is -1.09. The molecule has 0 saturated carbocycles. The zero-order valence-electron chi connectivity index (χ0n) is 7.66. The van der Waals surface area contributed by atoms with Gasteiger partial charge in [-0.05, 0) is 20.8 Å². The van der Waals surface area contributed by atoms with Crippen molar-refractivity contribution in [2.24, 2.45) is 5.73 Å². The quantitative estimate of drug-likeness (QED) is 0.726. The first-order valence-corrected chi connectivity index (χ1v) is 3.98. The van der Waals surface area contributed by atoms with E-state index in [0.29, 0.717) is 0 Å². The zero-order chi connectivity index (χ0) is 9.14. The zero-order valence-corrected chi connectivity index (χ0v) is 7.66. The van der Waals surface area contributed by atoms with Crippen molar-refractivity contribution in [3.8, 4) is 0 Å². The van der Waals surface area contributed by atoms with Gasteiger partial charge in [-0.15, -0.1) is 0 Å². The molecule has 3 nitrogen and oxygen atoms in total. The van der Waals surface area contributed by atoms with E-state index in [9.17, 15) is 0 Å². The van der Waals surface area contributed by atoms with Crippen LogP contribution in [0.1, 0.15) is 23.9 Å². The van der Waals surface area contributed by atoms with Crippen molar-refractivity contribution >= 4 is 6.08 Å². The summed E-state index contributed by atoms with van der Waals surface area (Å²) in [6.07, 6.45) is 3.87. The van der Waals surface area contributed by atoms with Crippen molar-refractivity contribution in [3.63, 3.8) is 0 Å². The average molecular weight is 166 g/mol. The summed E-state index contributed by atoms with van der Waals surface area (Å²) in [4.78, 5) is 0. The van der Waals surface area contributed by atoms with Gasteiger partial charge >= 0.3 is 0 Å². The molecule has 1 aromatic rings. The van der Waals surface area contributed by atoms with Crippen molar-refractivity contribution in [2.45, 2.75) is 26.8 Å². The third-order valence-electron chi connectivity index (χ3n) is 1.66. The first kappa shape index (κ1) is 9.00. The van der Waals surface area contributed by atoms with Crippen LogP contribution in [0.4, 0.5) is 0 Å². The summed E-state index contributed by atoms with van der Waals surface area (Å²) in [6, 6.07) is 0.0682. The molecule has 0 aromatic carbocycles. The molecule has 0 radical (unpaired) electrons. The monoisotopic (exact) mass is 166 g/mol. The van der Waals surface area contributed by atoms with Crippen LogP contribution in [0.2, 0.25) is 0 Å². The highest BCUT2D eigenvalue weighted by molar-refractivity contribution is 5.53. The molecule has 12 heavy (non-hydrogen) atoms. The Morgan fingerprint density at radius 1 is 1.50 bits per heavy atom. The molecule has 3 heteroatoms. The molecule has 0 amide bonds. The fourth-order valence-electron chi connectivity index (χ4n) is 0.976. The van der Waals surface area contributed by atoms with Crippen molar-refractivity contribution < 1.29 is 4.52 Å². The lowest BCUT2D eigenvalue weighted by Gasteiger charge is -1.93. The van der Waals surface area contributed by atoms with Crippen molar-refractivity contribution in [1.29, 1.82) is 0 Å². The highest BCUT2D eigenvalue weighted by Gasteiger charge is 2.04. The van der Waals surface area contributed by atoms with Crippen LogP contribution in [0.3, 0.4) is 0 Å². The minimum Gasteiger partial charge on any atom is -0.361 e. The molecule has 0 aliphatic carbocycles. The van der Waals surface area contributed by atoms with E-state index in [1.54, 1.807) is 0 Å². The maximum Gasteiger partial charge on any atom is 0.141 e. The van der Waals surface area contributed by atoms with Crippen molar-refractivity contribution in [3.05, 3.63) is 23.1 Å². The van der Waals surface area contributed by atoms with Gasteiger partial charge in [-0.1, -0.05) is 17.3 Å². The summed E-state index contributed by atoms with van der Waals surface area (Å²) in [5.74, 6) is 0.837. The van der Waals surface area contributed by atoms with Gasteiger partial charge in [0.2, 0.25) is 0 Å². The molecule has 1 rings (SSSR count). The van der Waals surface area contributed by atoms with Crippen molar-refractivity contribution in [2.75, 3.05) is 0 Å². The lowest BCUT2D eigenvalue weighted by Crippen LogP contribution is -2.09. The van der Waals surface area contributed by atoms with Gasteiger partial charge in [0, 0.05) is 11.6 Å². The SMILES string of the molecule is Cc1noc(C)c1/C=C/C(C)N. The Morgan fingerprint density at radius 3 is 2.58 bits per heavy atom. The second kappa shape index (κ2) is 3.54. The predicted molar refractivity (Wildman–Crippen MR) is 48.7 cm³/mol. The van der Waals surface area contributed by atoms with Gasteiger partial charge < -0.3 is 10.3 Å². The van der Waals surface area contributed by atoms with E-state index in [4.69, 9.17) is 10.3 Å². The van der Waals surface area contributed by atoms with Gasteiger partial charge in [0.25, 0.3) is 0 Å². The molecule has 1 heterocycles. The second-order valence-corrected chi connectivity index (χ2v) is 2.96. The first-order valence-electron chi connectivity index (χ1n) is 3.98. The number of rotatable bonds is 2. The fourth-order valence-corrected chi connectivity index (χ4v) is 0.976. The summed E-state index contributed by atoms with van der Waals surface area (Å²) in [7, 11) is 0. The van der Waals surface area contributed by atoms with Crippen LogP contribution in [0.25, 0.3) is 6.08 Å². The largest absolute Gasteiger partial charge is 0.361 e. The van der Waals surface area contributed by atoms with E-state index in [1.165, 1.54) is 0 Å². The Kier molecular flexibility index (Phi) is 2.65. The Morgan fingerprint density at radius 2 is 2.17 bits per heavy atom. The number of aromatic nitrogens is 1. The molecule has 2 N–H and O–H groups in total. The van der Waals surface area contributed by atoms with Gasteiger partial charge in [0.15, 0.2) is 0 Å². The molecule has 1 atom stereocenters. The minimum absolute atomic E-state index is 0.0682. The van der Waals surface area contributed by atoms with Crippen LogP contribution in [0.5, 0.6) is 0 Å². The molecular weight excluding hydrogens is 152 g/mol. The predicted octanol–water partition coefficient (Wildman–Crippen LogP) is 1.65. The molecule has 1 aromatic heterocycles. The molecule has 0 fully saturated rings. The minimum atomic E-state index is 0.0682. The molecule has 0 bridgehead atoms. The fraction of sp³-hybridized carbons (Fsp3) is 0.444. The van der Waals surface area contributed by atoms with Crippen LogP contribution in [-0.4, -0.2) is 11.2 Å². The standard InChI is InChI=1S/C9H14N2O/c1-6(10)4-5-9-7(2)11-12-8(9)3/h4-6H,10H2,1-3H3/b5-4+. The van der Waals surface area contributed by atoms with Crippen LogP contribution in [0, 0.1) is 13.8 Å².